The topological polar surface area (TPSA) is 27.7 Å². The summed E-state index contributed by atoms with van der Waals surface area (Å²) in [6.07, 6.45) is 6.35. The van der Waals surface area contributed by atoms with Crippen molar-refractivity contribution in [1.29, 1.82) is 0 Å². The summed E-state index contributed by atoms with van der Waals surface area (Å²) in [5, 5.41) is 0. The Morgan fingerprint density at radius 2 is 1.73 bits per heavy atom. The van der Waals surface area contributed by atoms with Crippen molar-refractivity contribution in [2.24, 2.45) is 0 Å². The summed E-state index contributed by atoms with van der Waals surface area (Å²) in [5.41, 5.74) is 0. The second kappa shape index (κ2) is 9.09. The number of unbranched alkanes of at least 4 members (excludes halogenated alkanes) is 1. The minimum absolute atomic E-state index is 0.656. The van der Waals surface area contributed by atoms with E-state index in [1.807, 2.05) is 20.8 Å². The van der Waals surface area contributed by atoms with E-state index >= 15 is 0 Å². The molecule has 0 aromatic rings. The molecule has 0 saturated carbocycles. The Kier molecular flexibility index (Phi) is 8.99. The Morgan fingerprint density at radius 1 is 1.13 bits per heavy atom. The van der Waals surface area contributed by atoms with Crippen molar-refractivity contribution in [2.45, 2.75) is 39.7 Å². The van der Waals surface area contributed by atoms with E-state index in [0.29, 0.717) is 13.2 Å². The molecule has 90 valence electrons. The quantitative estimate of drug-likeness (QED) is 0.347. The van der Waals surface area contributed by atoms with Crippen molar-refractivity contribution < 1.29 is 13.3 Å². The third-order valence-electron chi connectivity index (χ3n) is 2.13. The fourth-order valence-electron chi connectivity index (χ4n) is 1.45. The van der Waals surface area contributed by atoms with Crippen LogP contribution < -0.4 is 0 Å². The second-order valence-corrected chi connectivity index (χ2v) is 6.07. The van der Waals surface area contributed by atoms with Crippen LogP contribution >= 0.6 is 0 Å². The molecule has 0 bridgehead atoms. The first kappa shape index (κ1) is 14.8. The molecule has 0 unspecified atom stereocenters. The molecule has 0 atom stereocenters. The van der Waals surface area contributed by atoms with E-state index in [1.54, 1.807) is 7.11 Å². The van der Waals surface area contributed by atoms with E-state index in [4.69, 9.17) is 13.3 Å². The maximum atomic E-state index is 5.67. The summed E-state index contributed by atoms with van der Waals surface area (Å²) in [4.78, 5) is 0. The van der Waals surface area contributed by atoms with E-state index in [-0.39, 0.29) is 0 Å². The second-order valence-electron chi connectivity index (χ2n) is 3.21. The van der Waals surface area contributed by atoms with Crippen LogP contribution in [0.4, 0.5) is 0 Å². The van der Waals surface area contributed by atoms with Gasteiger partial charge in [0.2, 0.25) is 0 Å². The molecule has 0 aliphatic carbocycles. The molecule has 3 nitrogen and oxygen atoms in total. The zero-order valence-electron chi connectivity index (χ0n) is 10.4. The van der Waals surface area contributed by atoms with Gasteiger partial charge in [-0.25, -0.2) is 0 Å². The van der Waals surface area contributed by atoms with Gasteiger partial charge in [0.25, 0.3) is 0 Å². The summed E-state index contributed by atoms with van der Waals surface area (Å²) < 4.78 is 16.8. The minimum atomic E-state index is -2.35. The molecule has 0 saturated heterocycles. The van der Waals surface area contributed by atoms with Crippen LogP contribution in [-0.4, -0.2) is 29.1 Å². The van der Waals surface area contributed by atoms with Crippen molar-refractivity contribution >= 4 is 8.80 Å². The standard InChI is InChI=1S/C11H24O3Si/c1-5-8-9-10-11-15(12-4,13-6-2)14-7-3/h5,8H,6-7,9-11H2,1-4H3. The molecule has 0 heterocycles. The van der Waals surface area contributed by atoms with Crippen molar-refractivity contribution in [3.05, 3.63) is 12.2 Å². The van der Waals surface area contributed by atoms with E-state index in [2.05, 4.69) is 12.2 Å². The fraction of sp³-hybridized carbons (Fsp3) is 0.818. The highest BCUT2D eigenvalue weighted by Gasteiger charge is 2.38. The zero-order chi connectivity index (χ0) is 11.6. The van der Waals surface area contributed by atoms with Gasteiger partial charge in [-0.2, -0.15) is 0 Å². The Morgan fingerprint density at radius 3 is 2.13 bits per heavy atom. The lowest BCUT2D eigenvalue weighted by Crippen LogP contribution is -2.44. The van der Waals surface area contributed by atoms with Gasteiger partial charge >= 0.3 is 8.80 Å². The third kappa shape index (κ3) is 6.09. The van der Waals surface area contributed by atoms with Crippen LogP contribution in [0.2, 0.25) is 6.04 Å². The van der Waals surface area contributed by atoms with E-state index in [1.165, 1.54) is 0 Å². The number of allylic oxidation sites excluding steroid dienone is 2. The summed E-state index contributed by atoms with van der Waals surface area (Å²) in [6.45, 7) is 7.30. The lowest BCUT2D eigenvalue weighted by molar-refractivity contribution is 0.0862. The zero-order valence-corrected chi connectivity index (χ0v) is 11.4. The molecule has 0 N–H and O–H groups in total. The van der Waals surface area contributed by atoms with Gasteiger partial charge in [0.15, 0.2) is 0 Å². The smallest absolute Gasteiger partial charge is 0.377 e. The molecular weight excluding hydrogens is 208 g/mol. The monoisotopic (exact) mass is 232 g/mol. The number of hydrogen-bond acceptors (Lipinski definition) is 3. The summed E-state index contributed by atoms with van der Waals surface area (Å²) in [7, 11) is -0.666. The number of rotatable bonds is 9. The van der Waals surface area contributed by atoms with Crippen LogP contribution in [0, 0.1) is 0 Å². The van der Waals surface area contributed by atoms with Gasteiger partial charge < -0.3 is 13.3 Å². The highest BCUT2D eigenvalue weighted by molar-refractivity contribution is 6.60. The first-order valence-electron chi connectivity index (χ1n) is 5.68. The van der Waals surface area contributed by atoms with Crippen molar-refractivity contribution in [3.8, 4) is 0 Å². The highest BCUT2D eigenvalue weighted by Crippen LogP contribution is 2.18. The first-order valence-corrected chi connectivity index (χ1v) is 7.62. The Hall–Kier alpha value is -0.163. The average Bonchev–Trinajstić information content (AvgIpc) is 2.25. The molecule has 0 aromatic heterocycles. The van der Waals surface area contributed by atoms with Crippen LogP contribution in [0.15, 0.2) is 12.2 Å². The summed E-state index contributed by atoms with van der Waals surface area (Å²) >= 11 is 0. The maximum Gasteiger partial charge on any atom is 0.500 e. The molecule has 0 aromatic carbocycles. The van der Waals surface area contributed by atoms with Gasteiger partial charge in [-0.3, -0.25) is 0 Å². The molecule has 0 fully saturated rings. The van der Waals surface area contributed by atoms with E-state index < -0.39 is 8.80 Å². The molecule has 15 heavy (non-hydrogen) atoms. The first-order chi connectivity index (χ1) is 7.24. The predicted molar refractivity (Wildman–Crippen MR) is 64.9 cm³/mol. The molecule has 0 amide bonds. The Bertz CT molecular complexity index is 165. The third-order valence-corrected chi connectivity index (χ3v) is 5.17. The molecule has 0 aliphatic heterocycles. The van der Waals surface area contributed by atoms with Crippen LogP contribution in [0.25, 0.3) is 0 Å². The Labute approximate surface area is 94.8 Å². The molecular formula is C11H24O3Si. The van der Waals surface area contributed by atoms with Gasteiger partial charge in [0.05, 0.1) is 0 Å². The van der Waals surface area contributed by atoms with Gasteiger partial charge in [0, 0.05) is 26.4 Å². The van der Waals surface area contributed by atoms with Gasteiger partial charge in [0.1, 0.15) is 0 Å². The fourth-order valence-corrected chi connectivity index (χ4v) is 3.78. The SMILES string of the molecule is CC=CCCC[Si](OC)(OCC)OCC. The van der Waals surface area contributed by atoms with Gasteiger partial charge in [-0.05, 0) is 33.6 Å². The normalized spacial score (nSPS) is 12.5. The van der Waals surface area contributed by atoms with Crippen LogP contribution in [0.5, 0.6) is 0 Å². The van der Waals surface area contributed by atoms with Crippen LogP contribution in [0.1, 0.15) is 33.6 Å². The lowest BCUT2D eigenvalue weighted by Gasteiger charge is -2.26. The predicted octanol–water partition coefficient (Wildman–Crippen LogP) is 3.00. The molecule has 0 radical (unpaired) electrons. The van der Waals surface area contributed by atoms with E-state index in [9.17, 15) is 0 Å². The van der Waals surface area contributed by atoms with Crippen LogP contribution in [0.3, 0.4) is 0 Å². The largest absolute Gasteiger partial charge is 0.500 e. The maximum absolute atomic E-state index is 5.67. The van der Waals surface area contributed by atoms with Crippen LogP contribution in [-0.2, 0) is 13.3 Å². The van der Waals surface area contributed by atoms with Crippen molar-refractivity contribution in [1.82, 2.24) is 0 Å². The van der Waals surface area contributed by atoms with Crippen molar-refractivity contribution in [2.75, 3.05) is 20.3 Å². The summed E-state index contributed by atoms with van der Waals surface area (Å²) in [6, 6.07) is 0.898. The molecule has 0 aliphatic rings. The van der Waals surface area contributed by atoms with Crippen molar-refractivity contribution in [3.63, 3.8) is 0 Å². The average molecular weight is 232 g/mol. The van der Waals surface area contributed by atoms with Gasteiger partial charge in [-0.1, -0.05) is 12.2 Å². The lowest BCUT2D eigenvalue weighted by atomic mass is 10.3. The molecule has 0 rings (SSSR count). The van der Waals surface area contributed by atoms with E-state index in [0.717, 1.165) is 18.9 Å². The summed E-state index contributed by atoms with van der Waals surface area (Å²) in [5.74, 6) is 0. The van der Waals surface area contributed by atoms with Gasteiger partial charge in [-0.15, -0.1) is 0 Å². The number of hydrogen-bond donors (Lipinski definition) is 0. The molecule has 0 spiro atoms. The molecule has 4 heteroatoms. The Balaban J connectivity index is 4.07. The minimum Gasteiger partial charge on any atom is -0.377 e. The highest BCUT2D eigenvalue weighted by atomic mass is 28.4.